The van der Waals surface area contributed by atoms with Crippen LogP contribution in [-0.2, 0) is 6.42 Å². The van der Waals surface area contributed by atoms with Crippen molar-refractivity contribution < 1.29 is 9.94 Å². The number of aryl methyl sites for hydroxylation is 1. The highest BCUT2D eigenvalue weighted by Gasteiger charge is 2.03. The van der Waals surface area contributed by atoms with Crippen LogP contribution in [0.4, 0.5) is 0 Å². The second kappa shape index (κ2) is 13.0. The van der Waals surface area contributed by atoms with Crippen LogP contribution in [0.1, 0.15) is 82.3 Å². The lowest BCUT2D eigenvalue weighted by molar-refractivity contribution is 0.321. The van der Waals surface area contributed by atoms with Crippen LogP contribution >= 0.6 is 0 Å². The van der Waals surface area contributed by atoms with E-state index in [-0.39, 0.29) is 0 Å². The van der Waals surface area contributed by atoms with E-state index in [4.69, 9.17) is 9.94 Å². The van der Waals surface area contributed by atoms with E-state index in [0.717, 1.165) is 17.7 Å². The van der Waals surface area contributed by atoms with Gasteiger partial charge >= 0.3 is 0 Å². The molecule has 1 aromatic carbocycles. The number of methoxy groups -OCH3 is 1. The van der Waals surface area contributed by atoms with Gasteiger partial charge in [0.1, 0.15) is 5.75 Å². The number of unbranched alkanes of at least 4 members (excludes halogenated alkanes) is 9. The van der Waals surface area contributed by atoms with Gasteiger partial charge in [-0.3, -0.25) is 0 Å². The van der Waals surface area contributed by atoms with Crippen molar-refractivity contribution in [3.8, 4) is 5.75 Å². The molecular formula is C20H33NO2. The number of rotatable bonds is 13. The molecule has 3 heteroatoms. The summed E-state index contributed by atoms with van der Waals surface area (Å²) < 4.78 is 5.26. The van der Waals surface area contributed by atoms with Crippen LogP contribution in [0.3, 0.4) is 0 Å². The molecule has 0 aliphatic carbocycles. The Morgan fingerprint density at radius 3 is 2.13 bits per heavy atom. The van der Waals surface area contributed by atoms with Crippen molar-refractivity contribution in [2.45, 2.75) is 77.6 Å². The molecular weight excluding hydrogens is 286 g/mol. The Morgan fingerprint density at radius 2 is 1.57 bits per heavy atom. The SMILES string of the molecule is CCCCCCCCCCCCc1ccc(OC)c(/C=N\O)c1. The van der Waals surface area contributed by atoms with Crippen LogP contribution in [-0.4, -0.2) is 18.5 Å². The third kappa shape index (κ3) is 8.63. The molecule has 130 valence electrons. The second-order valence-corrected chi connectivity index (χ2v) is 6.25. The number of benzene rings is 1. The minimum absolute atomic E-state index is 0.745. The first-order valence-electron chi connectivity index (χ1n) is 9.16. The molecule has 0 radical (unpaired) electrons. The maximum Gasteiger partial charge on any atom is 0.127 e. The fourth-order valence-electron chi connectivity index (χ4n) is 2.92. The molecule has 0 spiro atoms. The Bertz CT molecular complexity index is 443. The van der Waals surface area contributed by atoms with E-state index in [0.29, 0.717) is 0 Å². The summed E-state index contributed by atoms with van der Waals surface area (Å²) in [5.41, 5.74) is 2.11. The number of nitrogens with zero attached hydrogens (tertiary/aromatic N) is 1. The van der Waals surface area contributed by atoms with Gasteiger partial charge in [-0.2, -0.15) is 0 Å². The van der Waals surface area contributed by atoms with Crippen molar-refractivity contribution in [3.63, 3.8) is 0 Å². The summed E-state index contributed by atoms with van der Waals surface area (Å²) in [6.07, 6.45) is 16.1. The molecule has 3 nitrogen and oxygen atoms in total. The van der Waals surface area contributed by atoms with Gasteiger partial charge in [0.15, 0.2) is 0 Å². The molecule has 0 saturated carbocycles. The molecule has 0 atom stereocenters. The van der Waals surface area contributed by atoms with Gasteiger partial charge in [0.25, 0.3) is 0 Å². The average Bonchev–Trinajstić information content (AvgIpc) is 2.57. The quantitative estimate of drug-likeness (QED) is 0.211. The zero-order valence-corrected chi connectivity index (χ0v) is 14.9. The molecule has 1 rings (SSSR count). The van der Waals surface area contributed by atoms with Crippen molar-refractivity contribution in [3.05, 3.63) is 29.3 Å². The molecule has 1 aromatic rings. The lowest BCUT2D eigenvalue weighted by Crippen LogP contribution is -1.94. The molecule has 0 amide bonds. The van der Waals surface area contributed by atoms with Crippen LogP contribution < -0.4 is 4.74 Å². The molecule has 0 saturated heterocycles. The molecule has 1 N–H and O–H groups in total. The smallest absolute Gasteiger partial charge is 0.127 e. The topological polar surface area (TPSA) is 41.8 Å². The zero-order valence-electron chi connectivity index (χ0n) is 14.9. The third-order valence-corrected chi connectivity index (χ3v) is 4.31. The highest BCUT2D eigenvalue weighted by molar-refractivity contribution is 5.83. The van der Waals surface area contributed by atoms with Crippen LogP contribution in [0, 0.1) is 0 Å². The third-order valence-electron chi connectivity index (χ3n) is 4.31. The van der Waals surface area contributed by atoms with Gasteiger partial charge in [0.2, 0.25) is 0 Å². The van der Waals surface area contributed by atoms with E-state index in [2.05, 4.69) is 18.1 Å². The van der Waals surface area contributed by atoms with Crippen LogP contribution in [0.2, 0.25) is 0 Å². The van der Waals surface area contributed by atoms with E-state index < -0.39 is 0 Å². The lowest BCUT2D eigenvalue weighted by Gasteiger charge is -2.07. The fourth-order valence-corrected chi connectivity index (χ4v) is 2.92. The van der Waals surface area contributed by atoms with Gasteiger partial charge in [-0.1, -0.05) is 75.9 Å². The Hall–Kier alpha value is -1.51. The summed E-state index contributed by atoms with van der Waals surface area (Å²) in [7, 11) is 1.63. The molecule has 0 heterocycles. The van der Waals surface area contributed by atoms with E-state index >= 15 is 0 Å². The first-order chi connectivity index (χ1) is 11.3. The normalized spacial score (nSPS) is 11.2. The summed E-state index contributed by atoms with van der Waals surface area (Å²) in [5, 5.41) is 11.8. The number of hydrogen-bond donors (Lipinski definition) is 1. The largest absolute Gasteiger partial charge is 0.496 e. The minimum Gasteiger partial charge on any atom is -0.496 e. The average molecular weight is 319 g/mol. The van der Waals surface area contributed by atoms with Crippen molar-refractivity contribution in [2.75, 3.05) is 7.11 Å². The fraction of sp³-hybridized carbons (Fsp3) is 0.650. The molecule has 0 fully saturated rings. The summed E-state index contributed by atoms with van der Waals surface area (Å²) in [4.78, 5) is 0. The van der Waals surface area contributed by atoms with Crippen molar-refractivity contribution >= 4 is 6.21 Å². The standard InChI is InChI=1S/C20H33NO2/c1-3-4-5-6-7-8-9-10-11-12-13-18-14-15-20(23-2)19(16-18)17-21-22/h14-17,22H,3-13H2,1-2H3/b21-17-. The van der Waals surface area contributed by atoms with Gasteiger partial charge in [0, 0.05) is 5.56 Å². The van der Waals surface area contributed by atoms with Gasteiger partial charge in [-0.15, -0.1) is 0 Å². The summed E-state index contributed by atoms with van der Waals surface area (Å²) in [6, 6.07) is 6.09. The van der Waals surface area contributed by atoms with Gasteiger partial charge < -0.3 is 9.94 Å². The lowest BCUT2D eigenvalue weighted by atomic mass is 10.0. The second-order valence-electron chi connectivity index (χ2n) is 6.25. The summed E-state index contributed by atoms with van der Waals surface area (Å²) in [6.45, 7) is 2.27. The predicted octanol–water partition coefficient (Wildman–Crippen LogP) is 5.97. The predicted molar refractivity (Wildman–Crippen MR) is 97.9 cm³/mol. The molecule has 0 aromatic heterocycles. The van der Waals surface area contributed by atoms with Crippen LogP contribution in [0.15, 0.2) is 23.4 Å². The van der Waals surface area contributed by atoms with E-state index in [1.165, 1.54) is 76.0 Å². The van der Waals surface area contributed by atoms with Gasteiger partial charge in [-0.25, -0.2) is 0 Å². The van der Waals surface area contributed by atoms with Gasteiger partial charge in [0.05, 0.1) is 13.3 Å². The minimum atomic E-state index is 0.745. The molecule has 23 heavy (non-hydrogen) atoms. The Morgan fingerprint density at radius 1 is 0.957 bits per heavy atom. The van der Waals surface area contributed by atoms with Crippen molar-refractivity contribution in [1.29, 1.82) is 0 Å². The highest BCUT2D eigenvalue weighted by atomic mass is 16.5. The molecule has 0 aliphatic rings. The first-order valence-corrected chi connectivity index (χ1v) is 9.16. The van der Waals surface area contributed by atoms with Crippen LogP contribution in [0.25, 0.3) is 0 Å². The summed E-state index contributed by atoms with van der Waals surface area (Å²) in [5.74, 6) is 0.745. The van der Waals surface area contributed by atoms with E-state index in [1.807, 2.05) is 12.1 Å². The molecule has 0 unspecified atom stereocenters. The number of oxime groups is 1. The van der Waals surface area contributed by atoms with Gasteiger partial charge in [-0.05, 0) is 30.5 Å². The Kier molecular flexibility index (Phi) is 11.0. The van der Waals surface area contributed by atoms with Crippen molar-refractivity contribution in [2.24, 2.45) is 5.16 Å². The van der Waals surface area contributed by atoms with E-state index in [1.54, 1.807) is 7.11 Å². The summed E-state index contributed by atoms with van der Waals surface area (Å²) >= 11 is 0. The van der Waals surface area contributed by atoms with Crippen molar-refractivity contribution in [1.82, 2.24) is 0 Å². The maximum atomic E-state index is 8.71. The van der Waals surface area contributed by atoms with E-state index in [9.17, 15) is 0 Å². The first kappa shape index (κ1) is 19.5. The number of ether oxygens (including phenoxy) is 1. The maximum absolute atomic E-state index is 8.71. The van der Waals surface area contributed by atoms with Crippen LogP contribution in [0.5, 0.6) is 5.75 Å². The molecule has 0 aliphatic heterocycles. The zero-order chi connectivity index (χ0) is 16.8. The highest BCUT2D eigenvalue weighted by Crippen LogP contribution is 2.20. The Balaban J connectivity index is 2.15. The number of hydrogen-bond acceptors (Lipinski definition) is 3. The monoisotopic (exact) mass is 319 g/mol. The molecule has 0 bridgehead atoms. The Labute approximate surface area is 141 Å².